The first kappa shape index (κ1) is 19.1. The minimum Gasteiger partial charge on any atom is -0.460 e. The number of rotatable bonds is 5. The number of nitrogens with zero attached hydrogens (tertiary/aromatic N) is 2. The van der Waals surface area contributed by atoms with Crippen LogP contribution in [0.2, 0.25) is 0 Å². The van der Waals surface area contributed by atoms with Crippen LogP contribution in [-0.2, 0) is 16.1 Å². The molecule has 4 rings (SSSR count). The lowest BCUT2D eigenvalue weighted by atomic mass is 10.0. The number of fused-ring (bicyclic) bond motifs is 2. The van der Waals surface area contributed by atoms with Gasteiger partial charge < -0.3 is 9.15 Å². The molecule has 0 saturated heterocycles. The first-order valence-corrected chi connectivity index (χ1v) is 10.0. The van der Waals surface area contributed by atoms with E-state index in [0.717, 1.165) is 27.5 Å². The van der Waals surface area contributed by atoms with Crippen molar-refractivity contribution in [3.63, 3.8) is 0 Å². The Bertz CT molecular complexity index is 1280. The summed E-state index contributed by atoms with van der Waals surface area (Å²) in [6.45, 7) is 3.94. The summed E-state index contributed by atoms with van der Waals surface area (Å²) in [6, 6.07) is 12.7. The highest BCUT2D eigenvalue weighted by molar-refractivity contribution is 7.99. The second-order valence-corrected chi connectivity index (χ2v) is 7.67. The molecule has 2 heterocycles. The maximum Gasteiger partial charge on any atom is 0.336 e. The predicted octanol–water partition coefficient (Wildman–Crippen LogP) is 4.19. The first-order valence-electron chi connectivity index (χ1n) is 9.04. The van der Waals surface area contributed by atoms with Gasteiger partial charge in [0.1, 0.15) is 17.2 Å². The lowest BCUT2D eigenvalue weighted by Gasteiger charge is -2.09. The Morgan fingerprint density at radius 1 is 1.10 bits per heavy atom. The molecular formula is C22H18N2O4S. The largest absolute Gasteiger partial charge is 0.460 e. The van der Waals surface area contributed by atoms with Crippen LogP contribution in [0.1, 0.15) is 16.7 Å². The number of para-hydroxylation sites is 2. The number of benzene rings is 2. The van der Waals surface area contributed by atoms with E-state index < -0.39 is 11.6 Å². The standard InChI is InChI=1S/C22H18N2O4S/c1-13-7-16-15(9-21(25)28-19(16)8-14(13)2)11-27-22(26)12-29-20-10-23-17-5-3-4-6-18(17)24-20/h3-10H,11-12H2,1-2H3. The highest BCUT2D eigenvalue weighted by Gasteiger charge is 2.11. The van der Waals surface area contributed by atoms with Gasteiger partial charge >= 0.3 is 11.6 Å². The molecule has 4 aromatic rings. The van der Waals surface area contributed by atoms with E-state index in [0.29, 0.717) is 16.2 Å². The maximum atomic E-state index is 12.2. The van der Waals surface area contributed by atoms with Crippen molar-refractivity contribution in [2.24, 2.45) is 0 Å². The van der Waals surface area contributed by atoms with Gasteiger partial charge in [-0.2, -0.15) is 0 Å². The van der Waals surface area contributed by atoms with Gasteiger partial charge in [-0.25, -0.2) is 9.78 Å². The molecule has 0 radical (unpaired) electrons. The summed E-state index contributed by atoms with van der Waals surface area (Å²) in [5.74, 6) is -0.292. The van der Waals surface area contributed by atoms with Gasteiger partial charge in [0.05, 0.1) is 23.0 Å². The Morgan fingerprint density at radius 3 is 2.69 bits per heavy atom. The molecule has 0 aliphatic carbocycles. The lowest BCUT2D eigenvalue weighted by molar-refractivity contribution is -0.141. The SMILES string of the molecule is Cc1cc2oc(=O)cc(COC(=O)CSc3cnc4ccccc4n3)c2cc1C. The number of carbonyl (C=O) groups is 1. The highest BCUT2D eigenvalue weighted by atomic mass is 32.2. The second kappa shape index (κ2) is 8.05. The number of carbonyl (C=O) groups excluding carboxylic acids is 1. The minimum absolute atomic E-state index is 0.00733. The molecule has 146 valence electrons. The summed E-state index contributed by atoms with van der Waals surface area (Å²) < 4.78 is 10.7. The third kappa shape index (κ3) is 4.30. The topological polar surface area (TPSA) is 82.3 Å². The molecular weight excluding hydrogens is 388 g/mol. The number of esters is 1. The van der Waals surface area contributed by atoms with Crippen LogP contribution in [0.15, 0.2) is 62.9 Å². The van der Waals surface area contributed by atoms with Crippen LogP contribution in [0.25, 0.3) is 22.0 Å². The Balaban J connectivity index is 1.44. The molecule has 0 saturated carbocycles. The van der Waals surface area contributed by atoms with Crippen molar-refractivity contribution < 1.29 is 13.9 Å². The van der Waals surface area contributed by atoms with Crippen LogP contribution >= 0.6 is 11.8 Å². The molecule has 0 bridgehead atoms. The monoisotopic (exact) mass is 406 g/mol. The summed E-state index contributed by atoms with van der Waals surface area (Å²) in [5.41, 5.74) is 4.34. The van der Waals surface area contributed by atoms with E-state index in [1.807, 2.05) is 50.2 Å². The summed E-state index contributed by atoms with van der Waals surface area (Å²) in [6.07, 6.45) is 1.64. The highest BCUT2D eigenvalue weighted by Crippen LogP contribution is 2.23. The zero-order valence-corrected chi connectivity index (χ0v) is 16.8. The summed E-state index contributed by atoms with van der Waals surface area (Å²) in [4.78, 5) is 32.8. The maximum absolute atomic E-state index is 12.2. The van der Waals surface area contributed by atoms with Crippen molar-refractivity contribution in [3.8, 4) is 0 Å². The average molecular weight is 406 g/mol. The molecule has 29 heavy (non-hydrogen) atoms. The van der Waals surface area contributed by atoms with Gasteiger partial charge in [0.15, 0.2) is 0 Å². The van der Waals surface area contributed by atoms with Crippen LogP contribution in [0.4, 0.5) is 0 Å². The zero-order valence-electron chi connectivity index (χ0n) is 16.0. The van der Waals surface area contributed by atoms with E-state index >= 15 is 0 Å². The van der Waals surface area contributed by atoms with Gasteiger partial charge in [-0.1, -0.05) is 23.9 Å². The van der Waals surface area contributed by atoms with E-state index in [1.165, 1.54) is 17.8 Å². The third-order valence-electron chi connectivity index (χ3n) is 4.60. The molecule has 7 heteroatoms. The molecule has 0 atom stereocenters. The summed E-state index contributed by atoms with van der Waals surface area (Å²) in [7, 11) is 0. The van der Waals surface area contributed by atoms with Crippen LogP contribution < -0.4 is 5.63 Å². The van der Waals surface area contributed by atoms with Gasteiger partial charge in [-0.05, 0) is 49.2 Å². The smallest absolute Gasteiger partial charge is 0.336 e. The molecule has 0 aliphatic rings. The number of thioether (sulfide) groups is 1. The molecule has 0 aliphatic heterocycles. The van der Waals surface area contributed by atoms with E-state index in [4.69, 9.17) is 9.15 Å². The molecule has 0 unspecified atom stereocenters. The normalized spacial score (nSPS) is 11.1. The van der Waals surface area contributed by atoms with E-state index in [2.05, 4.69) is 9.97 Å². The zero-order chi connectivity index (χ0) is 20.4. The van der Waals surface area contributed by atoms with Crippen LogP contribution in [0.5, 0.6) is 0 Å². The Hall–Kier alpha value is -3.19. The Labute approximate surface area is 170 Å². The van der Waals surface area contributed by atoms with E-state index in [9.17, 15) is 9.59 Å². The Kier molecular flexibility index (Phi) is 5.31. The first-order chi connectivity index (χ1) is 14.0. The van der Waals surface area contributed by atoms with Crippen molar-refractivity contribution in [3.05, 3.63) is 75.8 Å². The van der Waals surface area contributed by atoms with Crippen molar-refractivity contribution in [1.29, 1.82) is 0 Å². The fraction of sp³-hybridized carbons (Fsp3) is 0.182. The van der Waals surface area contributed by atoms with E-state index in [-0.39, 0.29) is 12.4 Å². The predicted molar refractivity (Wildman–Crippen MR) is 112 cm³/mol. The number of hydrogen-bond donors (Lipinski definition) is 0. The fourth-order valence-electron chi connectivity index (χ4n) is 2.94. The number of hydrogen-bond acceptors (Lipinski definition) is 7. The number of aromatic nitrogens is 2. The van der Waals surface area contributed by atoms with Gasteiger partial charge in [0, 0.05) is 17.0 Å². The van der Waals surface area contributed by atoms with Gasteiger partial charge in [0.25, 0.3) is 0 Å². The van der Waals surface area contributed by atoms with E-state index in [1.54, 1.807) is 6.20 Å². The summed E-state index contributed by atoms with van der Waals surface area (Å²) in [5, 5.41) is 1.42. The minimum atomic E-state index is -0.465. The number of ether oxygens (including phenoxy) is 1. The fourth-order valence-corrected chi connectivity index (χ4v) is 3.58. The van der Waals surface area contributed by atoms with Gasteiger partial charge in [0.2, 0.25) is 0 Å². The van der Waals surface area contributed by atoms with Crippen molar-refractivity contribution >= 4 is 39.7 Å². The van der Waals surface area contributed by atoms with Crippen LogP contribution in [0, 0.1) is 13.8 Å². The van der Waals surface area contributed by atoms with Gasteiger partial charge in [-0.3, -0.25) is 9.78 Å². The molecule has 0 N–H and O–H groups in total. The third-order valence-corrected chi connectivity index (χ3v) is 5.47. The van der Waals surface area contributed by atoms with Crippen molar-refractivity contribution in [1.82, 2.24) is 9.97 Å². The van der Waals surface area contributed by atoms with Crippen LogP contribution in [-0.4, -0.2) is 21.7 Å². The molecule has 0 fully saturated rings. The number of aryl methyl sites for hydroxylation is 2. The molecule has 2 aromatic carbocycles. The second-order valence-electron chi connectivity index (χ2n) is 6.67. The molecule has 0 spiro atoms. The van der Waals surface area contributed by atoms with Crippen molar-refractivity contribution in [2.45, 2.75) is 25.5 Å². The molecule has 0 amide bonds. The average Bonchev–Trinajstić information content (AvgIpc) is 2.71. The van der Waals surface area contributed by atoms with Crippen LogP contribution in [0.3, 0.4) is 0 Å². The van der Waals surface area contributed by atoms with Crippen molar-refractivity contribution in [2.75, 3.05) is 5.75 Å². The quantitative estimate of drug-likeness (QED) is 0.279. The van der Waals surface area contributed by atoms with Gasteiger partial charge in [-0.15, -0.1) is 0 Å². The molecule has 2 aromatic heterocycles. The Morgan fingerprint density at radius 2 is 1.86 bits per heavy atom. The molecule has 6 nitrogen and oxygen atoms in total. The summed E-state index contributed by atoms with van der Waals surface area (Å²) >= 11 is 1.26. The lowest BCUT2D eigenvalue weighted by Crippen LogP contribution is -2.09.